The fourth-order valence-electron chi connectivity index (χ4n) is 1.98. The van der Waals surface area contributed by atoms with Gasteiger partial charge in [-0.2, -0.15) is 0 Å². The van der Waals surface area contributed by atoms with E-state index in [0.717, 1.165) is 31.6 Å². The fraction of sp³-hybridized carbons (Fsp3) is 0.600. The zero-order chi connectivity index (χ0) is 12.7. The Bertz CT molecular complexity index is 310. The van der Waals surface area contributed by atoms with Gasteiger partial charge >= 0.3 is 0 Å². The Morgan fingerprint density at radius 2 is 1.88 bits per heavy atom. The first kappa shape index (κ1) is 14.0. The fourth-order valence-corrected chi connectivity index (χ4v) is 1.98. The van der Waals surface area contributed by atoms with Crippen LogP contribution in [0.3, 0.4) is 0 Å². The third kappa shape index (κ3) is 4.39. The minimum absolute atomic E-state index is 0.0416. The number of hydrogen-bond acceptors (Lipinski definition) is 2. The van der Waals surface area contributed by atoms with E-state index in [1.807, 2.05) is 30.3 Å². The highest BCUT2D eigenvalue weighted by atomic mass is 16.5. The standard InChI is InChI=1S/C15H25NO/c1-4-15(16,13(2)3)11-8-12-17-14-9-6-5-7-10-14/h5-7,9-10,13H,4,8,11-12,16H2,1-3H3. The summed E-state index contributed by atoms with van der Waals surface area (Å²) in [6.45, 7) is 7.30. The zero-order valence-corrected chi connectivity index (χ0v) is 11.3. The maximum Gasteiger partial charge on any atom is 0.119 e. The Kier molecular flexibility index (Phi) is 5.49. The number of nitrogens with two attached hydrogens (primary N) is 1. The third-order valence-electron chi connectivity index (χ3n) is 3.61. The van der Waals surface area contributed by atoms with Crippen LogP contribution in [0.25, 0.3) is 0 Å². The molecule has 0 amide bonds. The summed E-state index contributed by atoms with van der Waals surface area (Å²) in [4.78, 5) is 0. The molecule has 1 aromatic carbocycles. The molecule has 2 N–H and O–H groups in total. The van der Waals surface area contributed by atoms with Gasteiger partial charge in [0.1, 0.15) is 5.75 Å². The number of ether oxygens (including phenoxy) is 1. The number of benzene rings is 1. The van der Waals surface area contributed by atoms with E-state index in [1.54, 1.807) is 0 Å². The summed E-state index contributed by atoms with van der Waals surface area (Å²) < 4.78 is 5.67. The van der Waals surface area contributed by atoms with Gasteiger partial charge in [0.2, 0.25) is 0 Å². The summed E-state index contributed by atoms with van der Waals surface area (Å²) >= 11 is 0. The Hall–Kier alpha value is -1.02. The van der Waals surface area contributed by atoms with E-state index < -0.39 is 0 Å². The van der Waals surface area contributed by atoms with Crippen molar-refractivity contribution in [3.63, 3.8) is 0 Å². The van der Waals surface area contributed by atoms with Crippen LogP contribution in [0, 0.1) is 5.92 Å². The predicted octanol–water partition coefficient (Wildman–Crippen LogP) is 3.61. The lowest BCUT2D eigenvalue weighted by molar-refractivity contribution is 0.235. The highest BCUT2D eigenvalue weighted by Crippen LogP contribution is 2.23. The smallest absolute Gasteiger partial charge is 0.119 e. The third-order valence-corrected chi connectivity index (χ3v) is 3.61. The molecule has 1 unspecified atom stereocenters. The van der Waals surface area contributed by atoms with Gasteiger partial charge in [0, 0.05) is 5.54 Å². The zero-order valence-electron chi connectivity index (χ0n) is 11.3. The van der Waals surface area contributed by atoms with Crippen LogP contribution in [-0.2, 0) is 0 Å². The summed E-state index contributed by atoms with van der Waals surface area (Å²) in [5.41, 5.74) is 6.32. The monoisotopic (exact) mass is 235 g/mol. The first-order valence-electron chi connectivity index (χ1n) is 6.55. The highest BCUT2D eigenvalue weighted by Gasteiger charge is 2.25. The van der Waals surface area contributed by atoms with E-state index in [2.05, 4.69) is 20.8 Å². The van der Waals surface area contributed by atoms with Crippen molar-refractivity contribution in [2.45, 2.75) is 45.6 Å². The van der Waals surface area contributed by atoms with Crippen LogP contribution in [0.1, 0.15) is 40.0 Å². The van der Waals surface area contributed by atoms with Crippen molar-refractivity contribution >= 4 is 0 Å². The number of hydrogen-bond donors (Lipinski definition) is 1. The van der Waals surface area contributed by atoms with E-state index in [0.29, 0.717) is 5.92 Å². The van der Waals surface area contributed by atoms with Crippen LogP contribution < -0.4 is 10.5 Å². The van der Waals surface area contributed by atoms with Crippen molar-refractivity contribution in [1.82, 2.24) is 0 Å². The molecular weight excluding hydrogens is 210 g/mol. The molecule has 0 spiro atoms. The maximum atomic E-state index is 6.36. The molecule has 17 heavy (non-hydrogen) atoms. The molecule has 2 heteroatoms. The molecule has 1 atom stereocenters. The summed E-state index contributed by atoms with van der Waals surface area (Å²) in [6, 6.07) is 9.94. The topological polar surface area (TPSA) is 35.2 Å². The second-order valence-corrected chi connectivity index (χ2v) is 5.01. The first-order chi connectivity index (χ1) is 8.08. The maximum absolute atomic E-state index is 6.36. The van der Waals surface area contributed by atoms with E-state index in [1.165, 1.54) is 0 Å². The molecule has 1 aromatic rings. The average molecular weight is 235 g/mol. The molecule has 0 bridgehead atoms. The second-order valence-electron chi connectivity index (χ2n) is 5.01. The van der Waals surface area contributed by atoms with E-state index in [-0.39, 0.29) is 5.54 Å². The largest absolute Gasteiger partial charge is 0.494 e. The van der Waals surface area contributed by atoms with Gasteiger partial charge in [0.15, 0.2) is 0 Å². The molecule has 0 aromatic heterocycles. The van der Waals surface area contributed by atoms with Gasteiger partial charge in [-0.1, -0.05) is 39.0 Å². The summed E-state index contributed by atoms with van der Waals surface area (Å²) in [5, 5.41) is 0. The van der Waals surface area contributed by atoms with Gasteiger partial charge in [-0.25, -0.2) is 0 Å². The van der Waals surface area contributed by atoms with Crippen LogP contribution >= 0.6 is 0 Å². The van der Waals surface area contributed by atoms with Gasteiger partial charge in [-0.05, 0) is 37.3 Å². The van der Waals surface area contributed by atoms with Gasteiger partial charge in [-0.15, -0.1) is 0 Å². The molecular formula is C15H25NO. The van der Waals surface area contributed by atoms with Crippen molar-refractivity contribution < 1.29 is 4.74 Å². The Balaban J connectivity index is 2.28. The Morgan fingerprint density at radius 1 is 1.24 bits per heavy atom. The van der Waals surface area contributed by atoms with Gasteiger partial charge in [0.25, 0.3) is 0 Å². The molecule has 0 saturated carbocycles. The number of rotatable bonds is 7. The Labute approximate surface area is 105 Å². The predicted molar refractivity (Wildman–Crippen MR) is 73.2 cm³/mol. The number of para-hydroxylation sites is 1. The van der Waals surface area contributed by atoms with Gasteiger partial charge in [0.05, 0.1) is 6.61 Å². The molecule has 2 nitrogen and oxygen atoms in total. The average Bonchev–Trinajstić information content (AvgIpc) is 2.35. The lowest BCUT2D eigenvalue weighted by Crippen LogP contribution is -2.44. The van der Waals surface area contributed by atoms with Crippen LogP contribution in [0.4, 0.5) is 0 Å². The van der Waals surface area contributed by atoms with Crippen molar-refractivity contribution in [3.05, 3.63) is 30.3 Å². The molecule has 0 aliphatic carbocycles. The molecule has 96 valence electrons. The van der Waals surface area contributed by atoms with Crippen LogP contribution in [0.15, 0.2) is 30.3 Å². The van der Waals surface area contributed by atoms with Gasteiger partial charge < -0.3 is 10.5 Å². The molecule has 0 radical (unpaired) electrons. The molecule has 0 heterocycles. The van der Waals surface area contributed by atoms with Crippen molar-refractivity contribution in [3.8, 4) is 5.75 Å². The minimum Gasteiger partial charge on any atom is -0.494 e. The first-order valence-corrected chi connectivity index (χ1v) is 6.55. The van der Waals surface area contributed by atoms with Crippen LogP contribution in [0.5, 0.6) is 5.75 Å². The van der Waals surface area contributed by atoms with E-state index in [4.69, 9.17) is 10.5 Å². The molecule has 0 aliphatic rings. The highest BCUT2D eigenvalue weighted by molar-refractivity contribution is 5.20. The lowest BCUT2D eigenvalue weighted by Gasteiger charge is -2.32. The van der Waals surface area contributed by atoms with E-state index in [9.17, 15) is 0 Å². The minimum atomic E-state index is -0.0416. The van der Waals surface area contributed by atoms with Crippen molar-refractivity contribution in [2.75, 3.05) is 6.61 Å². The molecule has 0 saturated heterocycles. The van der Waals surface area contributed by atoms with Crippen molar-refractivity contribution in [2.24, 2.45) is 11.7 Å². The lowest BCUT2D eigenvalue weighted by atomic mass is 9.81. The van der Waals surface area contributed by atoms with Crippen LogP contribution in [0.2, 0.25) is 0 Å². The SMILES string of the molecule is CCC(N)(CCCOc1ccccc1)C(C)C. The Morgan fingerprint density at radius 3 is 2.41 bits per heavy atom. The summed E-state index contributed by atoms with van der Waals surface area (Å²) in [5.74, 6) is 1.46. The second kappa shape index (κ2) is 6.65. The quantitative estimate of drug-likeness (QED) is 0.733. The summed E-state index contributed by atoms with van der Waals surface area (Å²) in [7, 11) is 0. The van der Waals surface area contributed by atoms with E-state index >= 15 is 0 Å². The molecule has 1 rings (SSSR count). The summed E-state index contributed by atoms with van der Waals surface area (Å²) in [6.07, 6.45) is 3.06. The molecule has 0 aliphatic heterocycles. The molecule has 0 fully saturated rings. The normalized spacial score (nSPS) is 14.6. The van der Waals surface area contributed by atoms with Crippen LogP contribution in [-0.4, -0.2) is 12.1 Å². The van der Waals surface area contributed by atoms with Gasteiger partial charge in [-0.3, -0.25) is 0 Å². The van der Waals surface area contributed by atoms with Crippen molar-refractivity contribution in [1.29, 1.82) is 0 Å².